The number of likely N-dealkylation sites (tertiary alicyclic amines) is 1. The van der Waals surface area contributed by atoms with Crippen molar-refractivity contribution in [3.8, 4) is 0 Å². The molecule has 2 N–H and O–H groups in total. The molecule has 0 radical (unpaired) electrons. The zero-order valence-corrected chi connectivity index (χ0v) is 11.8. The Hall–Kier alpha value is -1.59. The molecule has 0 aliphatic carbocycles. The maximum atomic E-state index is 12.0. The molecule has 108 valence electrons. The smallest absolute Gasteiger partial charge is 0.326 e. The second-order valence-electron chi connectivity index (χ2n) is 5.61. The number of hydrogen-bond donors (Lipinski definition) is 2. The third-order valence-corrected chi connectivity index (χ3v) is 3.38. The number of hydrogen-bond acceptors (Lipinski definition) is 3. The Morgan fingerprint density at radius 1 is 1.32 bits per heavy atom. The van der Waals surface area contributed by atoms with Crippen molar-refractivity contribution in [2.24, 2.45) is 11.8 Å². The lowest BCUT2D eigenvalue weighted by Gasteiger charge is -2.22. The highest BCUT2D eigenvalue weighted by atomic mass is 16.4. The van der Waals surface area contributed by atoms with Crippen molar-refractivity contribution < 1.29 is 19.5 Å². The Bertz CT molecular complexity index is 379. The highest BCUT2D eigenvalue weighted by Gasteiger charge is 2.37. The van der Waals surface area contributed by atoms with E-state index >= 15 is 0 Å². The minimum atomic E-state index is -1.05. The van der Waals surface area contributed by atoms with E-state index in [2.05, 4.69) is 5.32 Å². The lowest BCUT2D eigenvalue weighted by atomic mass is 10.0. The van der Waals surface area contributed by atoms with Gasteiger partial charge in [-0.2, -0.15) is 0 Å². The summed E-state index contributed by atoms with van der Waals surface area (Å²) < 4.78 is 0. The van der Waals surface area contributed by atoms with Crippen LogP contribution >= 0.6 is 0 Å². The summed E-state index contributed by atoms with van der Waals surface area (Å²) in [6.07, 6.45) is 0.161. The maximum absolute atomic E-state index is 12.0. The largest absolute Gasteiger partial charge is 0.480 e. The molecule has 2 atom stereocenters. The van der Waals surface area contributed by atoms with Gasteiger partial charge in [-0.1, -0.05) is 13.8 Å². The van der Waals surface area contributed by atoms with Gasteiger partial charge in [0.25, 0.3) is 0 Å². The number of carboxylic acids is 1. The normalized spacial score (nSPS) is 21.1. The summed E-state index contributed by atoms with van der Waals surface area (Å²) in [6.45, 7) is 7.63. The molecule has 1 fully saturated rings. The average molecular weight is 270 g/mol. The van der Waals surface area contributed by atoms with Gasteiger partial charge in [0, 0.05) is 19.0 Å². The molecule has 6 nitrogen and oxygen atoms in total. The Labute approximate surface area is 113 Å². The summed E-state index contributed by atoms with van der Waals surface area (Å²) in [6, 6.07) is -0.846. The summed E-state index contributed by atoms with van der Waals surface area (Å²) in [5.74, 6) is -2.09. The summed E-state index contributed by atoms with van der Waals surface area (Å²) in [7, 11) is 0. The van der Waals surface area contributed by atoms with Crippen LogP contribution in [0, 0.1) is 11.8 Å². The lowest BCUT2D eigenvalue weighted by Crippen LogP contribution is -2.47. The number of rotatable bonds is 5. The minimum Gasteiger partial charge on any atom is -0.480 e. The fraction of sp³-hybridized carbons (Fsp3) is 0.769. The van der Waals surface area contributed by atoms with E-state index in [1.54, 1.807) is 18.7 Å². The Morgan fingerprint density at radius 3 is 2.26 bits per heavy atom. The van der Waals surface area contributed by atoms with Crippen molar-refractivity contribution in [1.29, 1.82) is 0 Å². The summed E-state index contributed by atoms with van der Waals surface area (Å²) in [5, 5.41) is 11.6. The van der Waals surface area contributed by atoms with Gasteiger partial charge >= 0.3 is 5.97 Å². The highest BCUT2D eigenvalue weighted by molar-refractivity contribution is 5.91. The van der Waals surface area contributed by atoms with Gasteiger partial charge in [-0.25, -0.2) is 4.79 Å². The van der Waals surface area contributed by atoms with Crippen LogP contribution in [-0.2, 0) is 14.4 Å². The van der Waals surface area contributed by atoms with E-state index in [0.717, 1.165) is 0 Å². The quantitative estimate of drug-likeness (QED) is 0.760. The van der Waals surface area contributed by atoms with E-state index in [0.29, 0.717) is 6.54 Å². The van der Waals surface area contributed by atoms with Gasteiger partial charge in [0.15, 0.2) is 0 Å². The number of nitrogens with zero attached hydrogens (tertiary/aromatic N) is 1. The zero-order chi connectivity index (χ0) is 14.7. The van der Waals surface area contributed by atoms with Crippen LogP contribution in [-0.4, -0.2) is 46.4 Å². The van der Waals surface area contributed by atoms with Crippen molar-refractivity contribution in [1.82, 2.24) is 10.2 Å². The van der Waals surface area contributed by atoms with Gasteiger partial charge in [-0.05, 0) is 19.8 Å². The molecule has 1 aliphatic rings. The Morgan fingerprint density at radius 2 is 1.89 bits per heavy atom. The molecule has 6 heteroatoms. The van der Waals surface area contributed by atoms with Crippen molar-refractivity contribution in [3.63, 3.8) is 0 Å². The van der Waals surface area contributed by atoms with Crippen LogP contribution < -0.4 is 5.32 Å². The number of amides is 2. The first kappa shape index (κ1) is 15.5. The van der Waals surface area contributed by atoms with Gasteiger partial charge in [-0.3, -0.25) is 9.59 Å². The van der Waals surface area contributed by atoms with Gasteiger partial charge in [0.1, 0.15) is 6.04 Å². The molecular weight excluding hydrogens is 248 g/mol. The van der Waals surface area contributed by atoms with Crippen molar-refractivity contribution >= 4 is 17.8 Å². The van der Waals surface area contributed by atoms with Crippen LogP contribution in [0.3, 0.4) is 0 Å². The van der Waals surface area contributed by atoms with Crippen molar-refractivity contribution in [3.05, 3.63) is 0 Å². The summed E-state index contributed by atoms with van der Waals surface area (Å²) in [4.78, 5) is 36.4. The van der Waals surface area contributed by atoms with E-state index in [4.69, 9.17) is 5.11 Å². The predicted octanol–water partition coefficient (Wildman–Crippen LogP) is 0.469. The molecule has 1 aliphatic heterocycles. The van der Waals surface area contributed by atoms with Crippen LogP contribution in [0.4, 0.5) is 0 Å². The number of aliphatic carboxylic acids is 1. The second kappa shape index (κ2) is 6.04. The SMILES string of the molecule is CC(C)[C@H](NC(=O)C1CC(=O)N(C(C)C)C1)C(=O)O. The van der Waals surface area contributed by atoms with Crippen molar-refractivity contribution in [2.45, 2.75) is 46.2 Å². The zero-order valence-electron chi connectivity index (χ0n) is 11.8. The summed E-state index contributed by atoms with van der Waals surface area (Å²) >= 11 is 0. The van der Waals surface area contributed by atoms with E-state index < -0.39 is 17.9 Å². The first-order valence-electron chi connectivity index (χ1n) is 6.56. The lowest BCUT2D eigenvalue weighted by molar-refractivity contribution is -0.143. The van der Waals surface area contributed by atoms with Gasteiger partial charge in [0.05, 0.1) is 5.92 Å². The first-order chi connectivity index (χ1) is 8.73. The average Bonchev–Trinajstić information content (AvgIpc) is 2.67. The molecule has 0 aromatic rings. The Balaban J connectivity index is 2.65. The van der Waals surface area contributed by atoms with Gasteiger partial charge in [0.2, 0.25) is 11.8 Å². The van der Waals surface area contributed by atoms with Gasteiger partial charge in [-0.15, -0.1) is 0 Å². The molecule has 0 aromatic heterocycles. The molecule has 1 heterocycles. The van der Waals surface area contributed by atoms with Crippen LogP contribution in [0.1, 0.15) is 34.1 Å². The van der Waals surface area contributed by atoms with Crippen molar-refractivity contribution in [2.75, 3.05) is 6.54 Å². The number of carbonyl (C=O) groups is 3. The molecule has 19 heavy (non-hydrogen) atoms. The topological polar surface area (TPSA) is 86.7 Å². The molecule has 0 saturated carbocycles. The second-order valence-corrected chi connectivity index (χ2v) is 5.61. The first-order valence-corrected chi connectivity index (χ1v) is 6.56. The molecule has 1 saturated heterocycles. The number of nitrogens with one attached hydrogen (secondary N) is 1. The predicted molar refractivity (Wildman–Crippen MR) is 69.4 cm³/mol. The number of carboxylic acid groups (broad SMARTS) is 1. The van der Waals surface area contributed by atoms with Crippen LogP contribution in [0.25, 0.3) is 0 Å². The molecule has 0 aromatic carbocycles. The van der Waals surface area contributed by atoms with Crippen LogP contribution in [0.2, 0.25) is 0 Å². The molecular formula is C13H22N2O4. The molecule has 1 rings (SSSR count). The molecule has 1 unspecified atom stereocenters. The molecule has 0 bridgehead atoms. The fourth-order valence-corrected chi connectivity index (χ4v) is 2.19. The third-order valence-electron chi connectivity index (χ3n) is 3.38. The number of carbonyl (C=O) groups excluding carboxylic acids is 2. The molecule has 2 amide bonds. The maximum Gasteiger partial charge on any atom is 0.326 e. The fourth-order valence-electron chi connectivity index (χ4n) is 2.19. The van der Waals surface area contributed by atoms with E-state index in [1.807, 2.05) is 13.8 Å². The Kier molecular flexibility index (Phi) is 4.91. The van der Waals surface area contributed by atoms with E-state index in [9.17, 15) is 14.4 Å². The van der Waals surface area contributed by atoms with Crippen LogP contribution in [0.15, 0.2) is 0 Å². The minimum absolute atomic E-state index is 0.0495. The van der Waals surface area contributed by atoms with E-state index in [-0.39, 0.29) is 30.2 Å². The van der Waals surface area contributed by atoms with Crippen LogP contribution in [0.5, 0.6) is 0 Å². The highest BCUT2D eigenvalue weighted by Crippen LogP contribution is 2.20. The standard InChI is InChI=1S/C13H22N2O4/c1-7(2)11(13(18)19)14-12(17)9-5-10(16)15(6-9)8(3)4/h7-9,11H,5-6H2,1-4H3,(H,14,17)(H,18,19)/t9?,11-/m0/s1. The third kappa shape index (κ3) is 3.68. The molecule has 0 spiro atoms. The van der Waals surface area contributed by atoms with Gasteiger partial charge < -0.3 is 15.3 Å². The monoisotopic (exact) mass is 270 g/mol. The summed E-state index contributed by atoms with van der Waals surface area (Å²) in [5.41, 5.74) is 0. The van der Waals surface area contributed by atoms with E-state index in [1.165, 1.54) is 0 Å².